The van der Waals surface area contributed by atoms with E-state index in [1.165, 1.54) is 13.8 Å². The van der Waals surface area contributed by atoms with Crippen molar-refractivity contribution in [1.82, 2.24) is 0 Å². The van der Waals surface area contributed by atoms with Crippen LogP contribution in [0.25, 0.3) is 0 Å². The van der Waals surface area contributed by atoms with Gasteiger partial charge in [0.15, 0.2) is 12.2 Å². The van der Waals surface area contributed by atoms with Crippen LogP contribution in [0.3, 0.4) is 0 Å². The minimum Gasteiger partial charge on any atom is -0.457 e. The van der Waals surface area contributed by atoms with Gasteiger partial charge in [0.25, 0.3) is 0 Å². The second kappa shape index (κ2) is 7.79. The molecule has 7 atom stereocenters. The van der Waals surface area contributed by atoms with Crippen molar-refractivity contribution in [2.75, 3.05) is 0 Å². The Kier molecular flexibility index (Phi) is 5.83. The Labute approximate surface area is 174 Å². The zero-order valence-electron chi connectivity index (χ0n) is 17.7. The van der Waals surface area contributed by atoms with Gasteiger partial charge in [0.1, 0.15) is 17.8 Å². The molecule has 3 aliphatic rings. The second-order valence-electron chi connectivity index (χ2n) is 8.71. The number of carbonyl (C=O) groups is 3. The molecule has 0 radical (unpaired) electrons. The molecule has 166 valence electrons. The summed E-state index contributed by atoms with van der Waals surface area (Å²) in [4.78, 5) is 41.4. The Balaban J connectivity index is 2.21. The predicted molar refractivity (Wildman–Crippen MR) is 102 cm³/mol. The number of hydrogen-bond acceptors (Lipinski definition) is 9. The normalized spacial score (nSPS) is 38.1. The molecule has 0 spiro atoms. The molecular weight excluding hydrogens is 396 g/mol. The lowest BCUT2D eigenvalue weighted by Crippen LogP contribution is -2.55. The lowest BCUT2D eigenvalue weighted by Gasteiger charge is -2.40. The summed E-state index contributed by atoms with van der Waals surface area (Å²) in [7, 11) is 0. The van der Waals surface area contributed by atoms with Gasteiger partial charge in [0, 0.05) is 18.4 Å². The van der Waals surface area contributed by atoms with Gasteiger partial charge in [-0.05, 0) is 31.4 Å². The monoisotopic (exact) mass is 424 g/mol. The van der Waals surface area contributed by atoms with Crippen LogP contribution < -0.4 is 0 Å². The van der Waals surface area contributed by atoms with Gasteiger partial charge in [-0.3, -0.25) is 14.8 Å². The highest BCUT2D eigenvalue weighted by molar-refractivity contribution is 5.91. The predicted octanol–water partition coefficient (Wildman–Crippen LogP) is 1.54. The van der Waals surface area contributed by atoms with Crippen LogP contribution in [-0.2, 0) is 33.5 Å². The fraction of sp³-hybridized carbons (Fsp3) is 0.667. The summed E-state index contributed by atoms with van der Waals surface area (Å²) < 4.78 is 16.8. The topological polar surface area (TPSA) is 129 Å². The molecule has 1 saturated heterocycles. The van der Waals surface area contributed by atoms with Gasteiger partial charge in [0.2, 0.25) is 0 Å². The van der Waals surface area contributed by atoms with E-state index in [-0.39, 0.29) is 12.0 Å². The van der Waals surface area contributed by atoms with E-state index in [0.29, 0.717) is 11.1 Å². The summed E-state index contributed by atoms with van der Waals surface area (Å²) >= 11 is 0. The summed E-state index contributed by atoms with van der Waals surface area (Å²) in [6.45, 7) is 11.5. The van der Waals surface area contributed by atoms with Gasteiger partial charge >= 0.3 is 17.9 Å². The summed E-state index contributed by atoms with van der Waals surface area (Å²) in [5.74, 6) is -3.97. The van der Waals surface area contributed by atoms with E-state index in [9.17, 15) is 24.7 Å². The lowest BCUT2D eigenvalue weighted by atomic mass is 9.79. The van der Waals surface area contributed by atoms with Crippen molar-refractivity contribution in [3.05, 3.63) is 23.3 Å². The van der Waals surface area contributed by atoms with E-state index < -0.39 is 65.7 Å². The van der Waals surface area contributed by atoms with E-state index in [1.807, 2.05) is 0 Å². The van der Waals surface area contributed by atoms with Gasteiger partial charge in [-0.2, -0.15) is 0 Å². The first kappa shape index (κ1) is 22.5. The Morgan fingerprint density at radius 2 is 1.93 bits per heavy atom. The number of ether oxygens (including phenoxy) is 3. The number of aliphatic hydroxyl groups is 1. The quantitative estimate of drug-likeness (QED) is 0.172. The highest BCUT2D eigenvalue weighted by Crippen LogP contribution is 2.53. The standard InChI is InChI=1S/C21H28O9/c1-8(2)19(23)29-17-15-10(4)20(24)28-16(15)14-9(3)13(30-26)7-12(14)21(6,25)18(17)27-11(5)22/h8,12-13,15-18,25-26H,4,7H2,1-3,5-6H3. The zero-order valence-corrected chi connectivity index (χ0v) is 17.7. The first-order valence-corrected chi connectivity index (χ1v) is 9.92. The van der Waals surface area contributed by atoms with Crippen molar-refractivity contribution >= 4 is 17.9 Å². The summed E-state index contributed by atoms with van der Waals surface area (Å²) in [6, 6.07) is 0. The molecule has 1 aliphatic heterocycles. The number of esters is 3. The van der Waals surface area contributed by atoms with Crippen molar-refractivity contribution in [2.24, 2.45) is 17.8 Å². The van der Waals surface area contributed by atoms with E-state index in [0.717, 1.165) is 0 Å². The number of hydrogen-bond donors (Lipinski definition) is 2. The highest BCUT2D eigenvalue weighted by atomic mass is 17.1. The number of carbonyl (C=O) groups excluding carboxylic acids is 3. The molecule has 9 nitrogen and oxygen atoms in total. The van der Waals surface area contributed by atoms with Crippen molar-refractivity contribution in [1.29, 1.82) is 0 Å². The van der Waals surface area contributed by atoms with Gasteiger partial charge in [-0.1, -0.05) is 20.4 Å². The van der Waals surface area contributed by atoms with Crippen molar-refractivity contribution < 1.29 is 43.8 Å². The highest BCUT2D eigenvalue weighted by Gasteiger charge is 2.63. The SMILES string of the molecule is C=C1C(=O)OC2C3=C(C)C(OO)CC3C(C)(O)C(OC(C)=O)C(OC(=O)C(C)C)C12. The molecule has 1 heterocycles. The van der Waals surface area contributed by atoms with Crippen molar-refractivity contribution in [3.63, 3.8) is 0 Å². The molecule has 9 heteroatoms. The minimum atomic E-state index is -1.71. The molecular formula is C21H28O9. The van der Waals surface area contributed by atoms with Crippen LogP contribution in [0.15, 0.2) is 23.3 Å². The first-order chi connectivity index (χ1) is 13.9. The smallest absolute Gasteiger partial charge is 0.334 e. The summed E-state index contributed by atoms with van der Waals surface area (Å²) in [5, 5.41) is 20.9. The molecule has 3 rings (SSSR count). The molecule has 30 heavy (non-hydrogen) atoms. The van der Waals surface area contributed by atoms with Crippen molar-refractivity contribution in [3.8, 4) is 0 Å². The van der Waals surface area contributed by atoms with Crippen LogP contribution in [0.5, 0.6) is 0 Å². The lowest BCUT2D eigenvalue weighted by molar-refractivity contribution is -0.271. The van der Waals surface area contributed by atoms with Crippen LogP contribution in [0, 0.1) is 17.8 Å². The summed E-state index contributed by atoms with van der Waals surface area (Å²) in [5.41, 5.74) is -0.507. The van der Waals surface area contributed by atoms with Crippen molar-refractivity contribution in [2.45, 2.75) is 71.1 Å². The third kappa shape index (κ3) is 3.44. The second-order valence-corrected chi connectivity index (χ2v) is 8.71. The fourth-order valence-corrected chi connectivity index (χ4v) is 4.78. The summed E-state index contributed by atoms with van der Waals surface area (Å²) in [6.07, 6.45) is -3.95. The van der Waals surface area contributed by atoms with Crippen LogP contribution >= 0.6 is 0 Å². The Morgan fingerprint density at radius 1 is 1.30 bits per heavy atom. The molecule has 0 aromatic rings. The maximum absolute atomic E-state index is 12.5. The minimum absolute atomic E-state index is 0.0591. The van der Waals surface area contributed by atoms with Gasteiger partial charge in [-0.15, -0.1) is 0 Å². The molecule has 2 N–H and O–H groups in total. The van der Waals surface area contributed by atoms with E-state index >= 15 is 0 Å². The Hall–Kier alpha value is -2.23. The Morgan fingerprint density at radius 3 is 2.47 bits per heavy atom. The van der Waals surface area contributed by atoms with E-state index in [4.69, 9.17) is 14.2 Å². The largest absolute Gasteiger partial charge is 0.457 e. The average Bonchev–Trinajstić information content (AvgIpc) is 3.12. The van der Waals surface area contributed by atoms with Gasteiger partial charge in [-0.25, -0.2) is 9.68 Å². The molecule has 1 saturated carbocycles. The maximum atomic E-state index is 12.5. The average molecular weight is 424 g/mol. The number of fused-ring (bicyclic) bond motifs is 3. The van der Waals surface area contributed by atoms with Crippen LogP contribution in [0.4, 0.5) is 0 Å². The van der Waals surface area contributed by atoms with Crippen LogP contribution in [0.1, 0.15) is 41.0 Å². The zero-order chi connectivity index (χ0) is 22.5. The van der Waals surface area contributed by atoms with Crippen LogP contribution in [-0.4, -0.2) is 58.3 Å². The number of rotatable bonds is 4. The molecule has 0 bridgehead atoms. The molecule has 0 aromatic heterocycles. The molecule has 2 fully saturated rings. The van der Waals surface area contributed by atoms with E-state index in [2.05, 4.69) is 11.5 Å². The van der Waals surface area contributed by atoms with Gasteiger partial charge < -0.3 is 19.3 Å². The maximum Gasteiger partial charge on any atom is 0.334 e. The van der Waals surface area contributed by atoms with Crippen LogP contribution in [0.2, 0.25) is 0 Å². The van der Waals surface area contributed by atoms with E-state index in [1.54, 1.807) is 20.8 Å². The molecule has 7 unspecified atom stereocenters. The molecule has 2 aliphatic carbocycles. The fourth-order valence-electron chi connectivity index (χ4n) is 4.78. The molecule has 0 amide bonds. The third-order valence-corrected chi connectivity index (χ3v) is 6.37. The molecule has 0 aromatic carbocycles. The third-order valence-electron chi connectivity index (χ3n) is 6.37. The van der Waals surface area contributed by atoms with Gasteiger partial charge in [0.05, 0.1) is 11.8 Å². The first-order valence-electron chi connectivity index (χ1n) is 9.92. The Bertz CT molecular complexity index is 809.